The molecule has 2 rings (SSSR count). The smallest absolute Gasteiger partial charge is 0.144 e. The zero-order valence-electron chi connectivity index (χ0n) is 6.07. The Morgan fingerprint density at radius 1 is 1.45 bits per heavy atom. The largest absolute Gasteiger partial charge is 0.305 e. The van der Waals surface area contributed by atoms with E-state index in [1.54, 1.807) is 12.4 Å². The molecular formula is C8H9N3. The van der Waals surface area contributed by atoms with Crippen molar-refractivity contribution in [3.05, 3.63) is 18.7 Å². The molecular weight excluding hydrogens is 138 g/mol. The van der Waals surface area contributed by atoms with Crippen molar-refractivity contribution in [3.63, 3.8) is 0 Å². The van der Waals surface area contributed by atoms with Crippen molar-refractivity contribution < 1.29 is 0 Å². The molecule has 2 heterocycles. The second-order valence-electron chi connectivity index (χ2n) is 2.51. The first-order valence-corrected chi connectivity index (χ1v) is 3.67. The van der Waals surface area contributed by atoms with Gasteiger partial charge in [0.1, 0.15) is 6.54 Å². The average Bonchev–Trinajstić information content (AvgIpc) is 2.58. The maximum atomic E-state index is 4.21. The SMILES string of the molecule is [C]1N=CC=NC1C1C=CCN1. The first-order chi connectivity index (χ1) is 5.47. The highest BCUT2D eigenvalue weighted by molar-refractivity contribution is 6.16. The fourth-order valence-corrected chi connectivity index (χ4v) is 1.19. The monoisotopic (exact) mass is 147 g/mol. The Kier molecular flexibility index (Phi) is 1.81. The van der Waals surface area contributed by atoms with Crippen LogP contribution in [0.15, 0.2) is 22.1 Å². The van der Waals surface area contributed by atoms with Gasteiger partial charge in [0.2, 0.25) is 0 Å². The molecule has 0 saturated carbocycles. The van der Waals surface area contributed by atoms with Crippen LogP contribution in [0.25, 0.3) is 0 Å². The quantitative estimate of drug-likeness (QED) is 0.524. The first kappa shape index (κ1) is 6.73. The Morgan fingerprint density at radius 3 is 3.09 bits per heavy atom. The zero-order valence-corrected chi connectivity index (χ0v) is 6.07. The zero-order chi connectivity index (χ0) is 7.52. The van der Waals surface area contributed by atoms with E-state index in [1.807, 2.05) is 0 Å². The van der Waals surface area contributed by atoms with E-state index >= 15 is 0 Å². The van der Waals surface area contributed by atoms with Crippen molar-refractivity contribution in [2.75, 3.05) is 6.54 Å². The molecule has 2 aliphatic heterocycles. The van der Waals surface area contributed by atoms with Crippen LogP contribution in [-0.2, 0) is 0 Å². The van der Waals surface area contributed by atoms with Gasteiger partial charge in [0.25, 0.3) is 0 Å². The number of aliphatic imine (C=N–C) groups is 2. The number of nitrogens with one attached hydrogen (secondary N) is 1. The Bertz CT molecular complexity index is 217. The lowest BCUT2D eigenvalue weighted by molar-refractivity contribution is 0.579. The molecule has 1 N–H and O–H groups in total. The summed E-state index contributed by atoms with van der Waals surface area (Å²) < 4.78 is 0. The molecule has 56 valence electrons. The van der Waals surface area contributed by atoms with Gasteiger partial charge < -0.3 is 5.32 Å². The second-order valence-corrected chi connectivity index (χ2v) is 2.51. The van der Waals surface area contributed by atoms with E-state index in [4.69, 9.17) is 0 Å². The van der Waals surface area contributed by atoms with Crippen LogP contribution in [0.4, 0.5) is 0 Å². The highest BCUT2D eigenvalue weighted by Crippen LogP contribution is 2.10. The minimum atomic E-state index is 0.0683. The van der Waals surface area contributed by atoms with Crippen LogP contribution in [0.1, 0.15) is 0 Å². The second kappa shape index (κ2) is 2.96. The van der Waals surface area contributed by atoms with E-state index in [9.17, 15) is 0 Å². The fourth-order valence-electron chi connectivity index (χ4n) is 1.19. The summed E-state index contributed by atoms with van der Waals surface area (Å²) in [5.41, 5.74) is 0. The highest BCUT2D eigenvalue weighted by atomic mass is 15.0. The van der Waals surface area contributed by atoms with Gasteiger partial charge in [0, 0.05) is 19.0 Å². The van der Waals surface area contributed by atoms with Crippen molar-refractivity contribution in [1.29, 1.82) is 0 Å². The molecule has 0 bridgehead atoms. The Hall–Kier alpha value is -0.960. The van der Waals surface area contributed by atoms with E-state index in [2.05, 4.69) is 34.0 Å². The molecule has 0 aliphatic carbocycles. The summed E-state index contributed by atoms with van der Waals surface area (Å²) in [4.78, 5) is 8.12. The summed E-state index contributed by atoms with van der Waals surface area (Å²) in [7, 11) is 0. The summed E-state index contributed by atoms with van der Waals surface area (Å²) in [5.74, 6) is 0. The summed E-state index contributed by atoms with van der Waals surface area (Å²) in [6.45, 7) is 3.85. The lowest BCUT2D eigenvalue weighted by Crippen LogP contribution is -2.34. The normalized spacial score (nSPS) is 34.9. The van der Waals surface area contributed by atoms with Gasteiger partial charge in [0.05, 0.1) is 12.1 Å². The summed E-state index contributed by atoms with van der Waals surface area (Å²) in [6.07, 6.45) is 7.57. The highest BCUT2D eigenvalue weighted by Gasteiger charge is 2.20. The maximum Gasteiger partial charge on any atom is 0.144 e. The molecule has 0 fully saturated rings. The standard InChI is InChI=1S/C8H9N3/c1-2-7(10-3-1)8-6-9-4-5-11-8/h1-2,4-5,7-8,10H,3H2. The van der Waals surface area contributed by atoms with Gasteiger partial charge in [-0.25, -0.2) is 0 Å². The van der Waals surface area contributed by atoms with Gasteiger partial charge in [0.15, 0.2) is 0 Å². The molecule has 0 aromatic rings. The van der Waals surface area contributed by atoms with Crippen molar-refractivity contribution in [3.8, 4) is 0 Å². The van der Waals surface area contributed by atoms with Crippen molar-refractivity contribution in [1.82, 2.24) is 5.32 Å². The molecule has 3 nitrogen and oxygen atoms in total. The van der Waals surface area contributed by atoms with Gasteiger partial charge in [-0.3, -0.25) is 9.98 Å². The van der Waals surface area contributed by atoms with Crippen LogP contribution in [0.5, 0.6) is 0 Å². The Morgan fingerprint density at radius 2 is 2.45 bits per heavy atom. The van der Waals surface area contributed by atoms with E-state index in [-0.39, 0.29) is 6.04 Å². The Balaban J connectivity index is 1.99. The van der Waals surface area contributed by atoms with Crippen LogP contribution in [0.2, 0.25) is 0 Å². The Labute approximate surface area is 65.9 Å². The predicted molar refractivity (Wildman–Crippen MR) is 44.9 cm³/mol. The van der Waals surface area contributed by atoms with Crippen LogP contribution >= 0.6 is 0 Å². The average molecular weight is 147 g/mol. The number of nitrogens with zero attached hydrogens (tertiary/aromatic N) is 2. The molecule has 0 aromatic carbocycles. The van der Waals surface area contributed by atoms with Crippen LogP contribution < -0.4 is 5.32 Å². The number of hydrogen-bond donors (Lipinski definition) is 1. The van der Waals surface area contributed by atoms with Crippen molar-refractivity contribution in [2.45, 2.75) is 12.1 Å². The minimum absolute atomic E-state index is 0.0683. The van der Waals surface area contributed by atoms with Crippen LogP contribution in [-0.4, -0.2) is 31.1 Å². The maximum absolute atomic E-state index is 4.21. The van der Waals surface area contributed by atoms with Gasteiger partial charge in [-0.2, -0.15) is 0 Å². The van der Waals surface area contributed by atoms with Gasteiger partial charge in [-0.05, 0) is 0 Å². The molecule has 2 radical (unpaired) electrons. The number of rotatable bonds is 1. The molecule has 2 aliphatic rings. The van der Waals surface area contributed by atoms with E-state index in [0.717, 1.165) is 6.54 Å². The lowest BCUT2D eigenvalue weighted by atomic mass is 10.1. The van der Waals surface area contributed by atoms with Crippen LogP contribution in [0.3, 0.4) is 0 Å². The molecule has 0 saturated heterocycles. The minimum Gasteiger partial charge on any atom is -0.305 e. The van der Waals surface area contributed by atoms with Gasteiger partial charge in [-0.1, -0.05) is 12.2 Å². The fraction of sp³-hybridized carbons (Fsp3) is 0.375. The number of hydrogen-bond acceptors (Lipinski definition) is 3. The molecule has 3 heteroatoms. The summed E-state index contributed by atoms with van der Waals surface area (Å²) >= 11 is 0. The summed E-state index contributed by atoms with van der Waals surface area (Å²) in [5, 5.41) is 3.27. The molecule has 11 heavy (non-hydrogen) atoms. The third-order valence-electron chi connectivity index (χ3n) is 1.75. The van der Waals surface area contributed by atoms with Crippen molar-refractivity contribution in [2.24, 2.45) is 9.98 Å². The molecule has 0 aromatic heterocycles. The van der Waals surface area contributed by atoms with E-state index in [1.165, 1.54) is 0 Å². The van der Waals surface area contributed by atoms with E-state index in [0.29, 0.717) is 6.04 Å². The third kappa shape index (κ3) is 1.38. The molecule has 2 atom stereocenters. The molecule has 0 spiro atoms. The topological polar surface area (TPSA) is 36.8 Å². The van der Waals surface area contributed by atoms with Gasteiger partial charge >= 0.3 is 0 Å². The molecule has 0 amide bonds. The molecule has 2 unspecified atom stereocenters. The van der Waals surface area contributed by atoms with Crippen molar-refractivity contribution >= 4 is 12.4 Å². The predicted octanol–water partition coefficient (Wildman–Crippen LogP) is 0.0770. The van der Waals surface area contributed by atoms with Gasteiger partial charge in [-0.15, -0.1) is 0 Å². The van der Waals surface area contributed by atoms with E-state index < -0.39 is 0 Å². The summed E-state index contributed by atoms with van der Waals surface area (Å²) in [6, 6.07) is 0.363. The third-order valence-corrected chi connectivity index (χ3v) is 1.75. The first-order valence-electron chi connectivity index (χ1n) is 3.67. The lowest BCUT2D eigenvalue weighted by Gasteiger charge is -2.16. The van der Waals surface area contributed by atoms with Crippen LogP contribution in [0, 0.1) is 6.54 Å².